The Morgan fingerprint density at radius 2 is 1.79 bits per heavy atom. The highest BCUT2D eigenvalue weighted by Gasteiger charge is 2.13. The van der Waals surface area contributed by atoms with Crippen LogP contribution in [-0.4, -0.2) is 5.91 Å². The van der Waals surface area contributed by atoms with E-state index in [1.807, 2.05) is 38.1 Å². The Bertz CT molecular complexity index is 1100. The van der Waals surface area contributed by atoms with Crippen LogP contribution in [0.2, 0.25) is 10.0 Å². The number of rotatable bonds is 4. The van der Waals surface area contributed by atoms with Crippen molar-refractivity contribution in [1.82, 2.24) is 0 Å². The number of carbonyl (C=O) groups is 1. The second kappa shape index (κ2) is 8.35. The lowest BCUT2D eigenvalue weighted by Crippen LogP contribution is -2.14. The number of benzene rings is 2. The van der Waals surface area contributed by atoms with Crippen molar-refractivity contribution in [3.05, 3.63) is 81.0 Å². The summed E-state index contributed by atoms with van der Waals surface area (Å²) in [5, 5.41) is 13.1. The van der Waals surface area contributed by atoms with Crippen LogP contribution >= 0.6 is 23.2 Å². The second-order valence-corrected chi connectivity index (χ2v) is 7.18. The van der Waals surface area contributed by atoms with Crippen molar-refractivity contribution in [2.24, 2.45) is 0 Å². The van der Waals surface area contributed by atoms with E-state index in [1.54, 1.807) is 30.3 Å². The monoisotopic (exact) mass is 410 g/mol. The molecule has 1 heterocycles. The molecule has 0 bridgehead atoms. The Hall–Kier alpha value is -3.00. The van der Waals surface area contributed by atoms with Crippen molar-refractivity contribution in [2.75, 3.05) is 5.32 Å². The lowest BCUT2D eigenvalue weighted by molar-refractivity contribution is -0.112. The first-order chi connectivity index (χ1) is 13.4. The first-order valence-corrected chi connectivity index (χ1v) is 9.18. The predicted molar refractivity (Wildman–Crippen MR) is 112 cm³/mol. The molecule has 6 heteroatoms. The molecule has 3 aromatic rings. The Balaban J connectivity index is 1.84. The number of hydrogen-bond donors (Lipinski definition) is 1. The third-order valence-corrected chi connectivity index (χ3v) is 4.49. The van der Waals surface area contributed by atoms with Gasteiger partial charge in [0.25, 0.3) is 5.91 Å². The summed E-state index contributed by atoms with van der Waals surface area (Å²) in [5.41, 5.74) is 3.31. The van der Waals surface area contributed by atoms with Crippen LogP contribution in [-0.2, 0) is 4.79 Å². The van der Waals surface area contributed by atoms with Gasteiger partial charge in [-0.25, -0.2) is 0 Å². The normalized spacial score (nSPS) is 11.2. The molecule has 0 radical (unpaired) electrons. The number of halogens is 2. The molecule has 4 nitrogen and oxygen atoms in total. The van der Waals surface area contributed by atoms with Gasteiger partial charge in [0.2, 0.25) is 0 Å². The van der Waals surface area contributed by atoms with Gasteiger partial charge in [0, 0.05) is 27.4 Å². The fraction of sp³-hybridized carbons (Fsp3) is 0.0909. The SMILES string of the molecule is Cc1ccc(NC(=O)/C(C#N)=C/c2ccc(-c3cc(Cl)cc(Cl)c3)o2)c(C)c1. The maximum Gasteiger partial charge on any atom is 0.266 e. The van der Waals surface area contributed by atoms with Crippen LogP contribution in [0.25, 0.3) is 17.4 Å². The lowest BCUT2D eigenvalue weighted by Gasteiger charge is -2.08. The van der Waals surface area contributed by atoms with E-state index in [9.17, 15) is 10.1 Å². The van der Waals surface area contributed by atoms with Crippen LogP contribution in [0.3, 0.4) is 0 Å². The average molecular weight is 411 g/mol. The minimum absolute atomic E-state index is 0.0648. The number of furan rings is 1. The van der Waals surface area contributed by atoms with Gasteiger partial charge in [0.05, 0.1) is 0 Å². The summed E-state index contributed by atoms with van der Waals surface area (Å²) in [6.07, 6.45) is 1.40. The summed E-state index contributed by atoms with van der Waals surface area (Å²) in [4.78, 5) is 12.5. The maximum atomic E-state index is 12.5. The molecule has 0 fully saturated rings. The molecule has 1 amide bonds. The lowest BCUT2D eigenvalue weighted by atomic mass is 10.1. The smallest absolute Gasteiger partial charge is 0.266 e. The Kier molecular flexibility index (Phi) is 5.89. The van der Waals surface area contributed by atoms with Crippen LogP contribution in [0.4, 0.5) is 5.69 Å². The van der Waals surface area contributed by atoms with Crippen molar-refractivity contribution >= 4 is 40.9 Å². The standard InChI is InChI=1S/C22H16Cl2N2O2/c1-13-3-5-20(14(2)7-13)26-22(27)16(12-25)10-19-4-6-21(28-19)15-8-17(23)11-18(24)9-15/h3-11H,1-2H3,(H,26,27)/b16-10+. The van der Waals surface area contributed by atoms with E-state index in [1.165, 1.54) is 6.08 Å². The summed E-state index contributed by atoms with van der Waals surface area (Å²) >= 11 is 12.0. The topological polar surface area (TPSA) is 66.0 Å². The van der Waals surface area contributed by atoms with Crippen molar-refractivity contribution < 1.29 is 9.21 Å². The number of aryl methyl sites for hydroxylation is 2. The van der Waals surface area contributed by atoms with Crippen LogP contribution in [0.1, 0.15) is 16.9 Å². The van der Waals surface area contributed by atoms with Gasteiger partial charge in [-0.3, -0.25) is 4.79 Å². The number of nitrogens with one attached hydrogen (secondary N) is 1. The summed E-state index contributed by atoms with van der Waals surface area (Å²) in [6, 6.07) is 16.0. The zero-order valence-electron chi connectivity index (χ0n) is 15.2. The van der Waals surface area contributed by atoms with Gasteiger partial charge in [0.15, 0.2) is 0 Å². The van der Waals surface area contributed by atoms with Crippen molar-refractivity contribution in [3.8, 4) is 17.4 Å². The molecule has 0 aliphatic heterocycles. The predicted octanol–water partition coefficient (Wildman–Crippen LogP) is 6.42. The highest BCUT2D eigenvalue weighted by molar-refractivity contribution is 6.35. The molecule has 0 aliphatic carbocycles. The zero-order chi connectivity index (χ0) is 20.3. The quantitative estimate of drug-likeness (QED) is 0.398. The molecule has 0 spiro atoms. The molecule has 2 aromatic carbocycles. The number of amides is 1. The molecule has 1 N–H and O–H groups in total. The minimum atomic E-state index is -0.502. The van der Waals surface area contributed by atoms with Crippen molar-refractivity contribution in [3.63, 3.8) is 0 Å². The molecule has 0 unspecified atom stereocenters. The van der Waals surface area contributed by atoms with E-state index in [4.69, 9.17) is 27.6 Å². The molecule has 0 aliphatic rings. The average Bonchev–Trinajstić information content (AvgIpc) is 3.10. The molecule has 0 atom stereocenters. The third kappa shape index (κ3) is 4.64. The van der Waals surface area contributed by atoms with E-state index in [-0.39, 0.29) is 5.57 Å². The van der Waals surface area contributed by atoms with Crippen LogP contribution < -0.4 is 5.32 Å². The minimum Gasteiger partial charge on any atom is -0.457 e. The molecular formula is C22H16Cl2N2O2. The van der Waals surface area contributed by atoms with Gasteiger partial charge < -0.3 is 9.73 Å². The number of nitriles is 1. The van der Waals surface area contributed by atoms with Gasteiger partial charge in [-0.05, 0) is 55.8 Å². The first kappa shape index (κ1) is 19.8. The summed E-state index contributed by atoms with van der Waals surface area (Å²) in [7, 11) is 0. The fourth-order valence-corrected chi connectivity index (χ4v) is 3.24. The van der Waals surface area contributed by atoms with E-state index in [2.05, 4.69) is 5.32 Å². The van der Waals surface area contributed by atoms with Gasteiger partial charge in [-0.2, -0.15) is 5.26 Å². The first-order valence-electron chi connectivity index (χ1n) is 8.42. The summed E-state index contributed by atoms with van der Waals surface area (Å²) in [6.45, 7) is 3.87. The number of nitrogens with zero attached hydrogens (tertiary/aromatic N) is 1. The molecular weight excluding hydrogens is 395 g/mol. The molecule has 1 aromatic heterocycles. The van der Waals surface area contributed by atoms with Gasteiger partial charge in [-0.15, -0.1) is 0 Å². The molecule has 140 valence electrons. The zero-order valence-corrected chi connectivity index (χ0v) is 16.7. The van der Waals surface area contributed by atoms with Crippen LogP contribution in [0.5, 0.6) is 0 Å². The largest absolute Gasteiger partial charge is 0.457 e. The summed E-state index contributed by atoms with van der Waals surface area (Å²) < 4.78 is 5.73. The fourth-order valence-electron chi connectivity index (χ4n) is 2.72. The van der Waals surface area contributed by atoms with Crippen LogP contribution in [0, 0.1) is 25.2 Å². The summed E-state index contributed by atoms with van der Waals surface area (Å²) in [5.74, 6) is 0.402. The molecule has 28 heavy (non-hydrogen) atoms. The van der Waals surface area contributed by atoms with Gasteiger partial charge in [0.1, 0.15) is 23.2 Å². The van der Waals surface area contributed by atoms with Gasteiger partial charge >= 0.3 is 0 Å². The second-order valence-electron chi connectivity index (χ2n) is 6.30. The Labute approximate surface area is 173 Å². The molecule has 3 rings (SSSR count). The van der Waals surface area contributed by atoms with E-state index >= 15 is 0 Å². The number of hydrogen-bond acceptors (Lipinski definition) is 3. The van der Waals surface area contributed by atoms with E-state index in [0.29, 0.717) is 32.8 Å². The van der Waals surface area contributed by atoms with Crippen molar-refractivity contribution in [2.45, 2.75) is 13.8 Å². The van der Waals surface area contributed by atoms with Gasteiger partial charge in [-0.1, -0.05) is 40.9 Å². The van der Waals surface area contributed by atoms with Crippen molar-refractivity contribution in [1.29, 1.82) is 5.26 Å². The number of carbonyl (C=O) groups excluding carboxylic acids is 1. The Morgan fingerprint density at radius 1 is 1.07 bits per heavy atom. The Morgan fingerprint density at radius 3 is 2.43 bits per heavy atom. The molecule has 0 saturated carbocycles. The third-order valence-electron chi connectivity index (χ3n) is 4.06. The van der Waals surface area contributed by atoms with E-state index < -0.39 is 5.91 Å². The molecule has 0 saturated heterocycles. The van der Waals surface area contributed by atoms with E-state index in [0.717, 1.165) is 11.1 Å². The number of anilines is 1. The highest BCUT2D eigenvalue weighted by atomic mass is 35.5. The highest BCUT2D eigenvalue weighted by Crippen LogP contribution is 2.29. The maximum absolute atomic E-state index is 12.5. The van der Waals surface area contributed by atoms with Crippen LogP contribution in [0.15, 0.2) is 58.5 Å².